The van der Waals surface area contributed by atoms with Crippen molar-refractivity contribution in [2.45, 2.75) is 20.0 Å². The maximum Gasteiger partial charge on any atom is 0.240 e. The largest absolute Gasteiger partial charge is 0.496 e. The van der Waals surface area contributed by atoms with E-state index < -0.39 is 0 Å². The summed E-state index contributed by atoms with van der Waals surface area (Å²) in [5.74, 6) is 3.23. The van der Waals surface area contributed by atoms with Gasteiger partial charge in [0.05, 0.1) is 33.4 Å². The molecule has 0 saturated heterocycles. The molecular weight excluding hydrogens is 274 g/mol. The molecule has 0 saturated carbocycles. The van der Waals surface area contributed by atoms with Crippen molar-refractivity contribution in [2.75, 3.05) is 21.3 Å². The Kier molecular flexibility index (Phi) is 4.99. The van der Waals surface area contributed by atoms with E-state index in [2.05, 4.69) is 15.5 Å². The van der Waals surface area contributed by atoms with Crippen molar-refractivity contribution in [3.05, 3.63) is 29.4 Å². The van der Waals surface area contributed by atoms with Gasteiger partial charge >= 0.3 is 0 Å². The first-order chi connectivity index (χ1) is 10.2. The Hall–Kier alpha value is -2.28. The molecule has 0 atom stereocenters. The highest BCUT2D eigenvalue weighted by Crippen LogP contribution is 2.33. The molecule has 114 valence electrons. The zero-order valence-electron chi connectivity index (χ0n) is 12.6. The second kappa shape index (κ2) is 6.94. The fourth-order valence-corrected chi connectivity index (χ4v) is 1.96. The minimum absolute atomic E-state index is 0.471. The number of hydrogen-bond acceptors (Lipinski definition) is 7. The van der Waals surface area contributed by atoms with Crippen molar-refractivity contribution in [3.8, 4) is 17.2 Å². The van der Waals surface area contributed by atoms with Crippen LogP contribution < -0.4 is 19.5 Å². The molecule has 0 amide bonds. The third kappa shape index (κ3) is 3.63. The van der Waals surface area contributed by atoms with Gasteiger partial charge in [-0.05, 0) is 6.92 Å². The summed E-state index contributed by atoms with van der Waals surface area (Å²) in [5, 5.41) is 6.96. The summed E-state index contributed by atoms with van der Waals surface area (Å²) >= 11 is 0. The van der Waals surface area contributed by atoms with Gasteiger partial charge in [-0.2, -0.15) is 4.98 Å². The molecular formula is C14H19N3O4. The Morgan fingerprint density at radius 2 is 1.71 bits per heavy atom. The predicted molar refractivity (Wildman–Crippen MR) is 75.7 cm³/mol. The topological polar surface area (TPSA) is 78.6 Å². The Morgan fingerprint density at radius 3 is 2.19 bits per heavy atom. The Bertz CT molecular complexity index is 573. The zero-order valence-corrected chi connectivity index (χ0v) is 12.6. The molecule has 2 rings (SSSR count). The first-order valence-corrected chi connectivity index (χ1v) is 6.46. The third-order valence-electron chi connectivity index (χ3n) is 2.96. The van der Waals surface area contributed by atoms with E-state index in [0.29, 0.717) is 42.1 Å². The SMILES string of the molecule is COc1cc(OC)c(CNCc2nc(C)no2)c(OC)c1. The Morgan fingerprint density at radius 1 is 1.05 bits per heavy atom. The lowest BCUT2D eigenvalue weighted by Crippen LogP contribution is -2.14. The summed E-state index contributed by atoms with van der Waals surface area (Å²) in [7, 11) is 4.82. The molecule has 1 heterocycles. The van der Waals surface area contributed by atoms with E-state index in [1.807, 2.05) is 12.1 Å². The van der Waals surface area contributed by atoms with Gasteiger partial charge in [-0.25, -0.2) is 0 Å². The predicted octanol–water partition coefficient (Wildman–Crippen LogP) is 1.69. The monoisotopic (exact) mass is 293 g/mol. The first-order valence-electron chi connectivity index (χ1n) is 6.46. The zero-order chi connectivity index (χ0) is 15.2. The minimum atomic E-state index is 0.471. The Labute approximate surface area is 123 Å². The number of nitrogens with zero attached hydrogens (tertiary/aromatic N) is 2. The molecule has 0 bridgehead atoms. The summed E-state index contributed by atoms with van der Waals surface area (Å²) in [6.07, 6.45) is 0. The molecule has 21 heavy (non-hydrogen) atoms. The van der Waals surface area contributed by atoms with E-state index in [0.717, 1.165) is 5.56 Å². The van der Waals surface area contributed by atoms with Crippen molar-refractivity contribution in [2.24, 2.45) is 0 Å². The number of methoxy groups -OCH3 is 3. The summed E-state index contributed by atoms with van der Waals surface area (Å²) in [6, 6.07) is 3.63. The van der Waals surface area contributed by atoms with Gasteiger partial charge in [0.25, 0.3) is 0 Å². The second-order valence-electron chi connectivity index (χ2n) is 4.35. The molecule has 0 aliphatic carbocycles. The third-order valence-corrected chi connectivity index (χ3v) is 2.96. The normalized spacial score (nSPS) is 10.5. The smallest absolute Gasteiger partial charge is 0.240 e. The van der Waals surface area contributed by atoms with Gasteiger partial charge in [-0.1, -0.05) is 5.16 Å². The molecule has 0 aliphatic rings. The number of ether oxygens (including phenoxy) is 3. The number of nitrogens with one attached hydrogen (secondary N) is 1. The van der Waals surface area contributed by atoms with Crippen LogP contribution in [0.5, 0.6) is 17.2 Å². The van der Waals surface area contributed by atoms with E-state index in [4.69, 9.17) is 18.7 Å². The number of rotatable bonds is 7. The summed E-state index contributed by atoms with van der Waals surface area (Å²) in [6.45, 7) is 2.79. The molecule has 0 radical (unpaired) electrons. The number of aromatic nitrogens is 2. The van der Waals surface area contributed by atoms with Gasteiger partial charge in [-0.15, -0.1) is 0 Å². The van der Waals surface area contributed by atoms with Crippen LogP contribution in [-0.4, -0.2) is 31.5 Å². The van der Waals surface area contributed by atoms with Gasteiger partial charge < -0.3 is 24.1 Å². The van der Waals surface area contributed by atoms with E-state index in [9.17, 15) is 0 Å². The summed E-state index contributed by atoms with van der Waals surface area (Å²) in [5.41, 5.74) is 0.900. The second-order valence-corrected chi connectivity index (χ2v) is 4.35. The van der Waals surface area contributed by atoms with Crippen LogP contribution in [0, 0.1) is 6.92 Å². The van der Waals surface area contributed by atoms with Crippen molar-refractivity contribution in [3.63, 3.8) is 0 Å². The van der Waals surface area contributed by atoms with Crippen LogP contribution in [0.25, 0.3) is 0 Å². The molecule has 0 fully saturated rings. The molecule has 0 aliphatic heterocycles. The first kappa shape index (κ1) is 15.1. The lowest BCUT2D eigenvalue weighted by molar-refractivity contribution is 0.355. The van der Waals surface area contributed by atoms with Crippen molar-refractivity contribution < 1.29 is 18.7 Å². The molecule has 0 unspecified atom stereocenters. The maximum atomic E-state index is 5.39. The van der Waals surface area contributed by atoms with E-state index >= 15 is 0 Å². The van der Waals surface area contributed by atoms with Gasteiger partial charge in [0.2, 0.25) is 5.89 Å². The van der Waals surface area contributed by atoms with Crippen LogP contribution in [0.3, 0.4) is 0 Å². The lowest BCUT2D eigenvalue weighted by atomic mass is 10.1. The molecule has 7 heteroatoms. The average molecular weight is 293 g/mol. The van der Waals surface area contributed by atoms with Gasteiger partial charge in [0, 0.05) is 18.7 Å². The van der Waals surface area contributed by atoms with E-state index in [1.54, 1.807) is 28.3 Å². The van der Waals surface area contributed by atoms with Gasteiger partial charge in [0.15, 0.2) is 5.82 Å². The molecule has 7 nitrogen and oxygen atoms in total. The van der Waals surface area contributed by atoms with Gasteiger partial charge in [-0.3, -0.25) is 0 Å². The van der Waals surface area contributed by atoms with E-state index in [-0.39, 0.29) is 0 Å². The highest BCUT2D eigenvalue weighted by Gasteiger charge is 2.13. The Balaban J connectivity index is 2.10. The van der Waals surface area contributed by atoms with Crippen LogP contribution in [0.15, 0.2) is 16.7 Å². The van der Waals surface area contributed by atoms with E-state index in [1.165, 1.54) is 0 Å². The van der Waals surface area contributed by atoms with Crippen molar-refractivity contribution >= 4 is 0 Å². The fraction of sp³-hybridized carbons (Fsp3) is 0.429. The standard InChI is InChI=1S/C14H19N3O4/c1-9-16-14(21-17-9)8-15-7-11-12(19-3)5-10(18-2)6-13(11)20-4/h5-6,15H,7-8H2,1-4H3. The summed E-state index contributed by atoms with van der Waals surface area (Å²) in [4.78, 5) is 4.13. The lowest BCUT2D eigenvalue weighted by Gasteiger charge is -2.15. The maximum absolute atomic E-state index is 5.39. The van der Waals surface area contributed by atoms with Crippen LogP contribution in [0.4, 0.5) is 0 Å². The number of hydrogen-bond donors (Lipinski definition) is 1. The van der Waals surface area contributed by atoms with Crippen molar-refractivity contribution in [1.82, 2.24) is 15.5 Å². The highest BCUT2D eigenvalue weighted by molar-refractivity contribution is 5.50. The van der Waals surface area contributed by atoms with Crippen LogP contribution >= 0.6 is 0 Å². The molecule has 1 N–H and O–H groups in total. The summed E-state index contributed by atoms with van der Waals surface area (Å²) < 4.78 is 21.0. The molecule has 1 aromatic carbocycles. The van der Waals surface area contributed by atoms with Crippen molar-refractivity contribution in [1.29, 1.82) is 0 Å². The van der Waals surface area contributed by atoms with Crippen LogP contribution in [0.1, 0.15) is 17.3 Å². The molecule has 2 aromatic rings. The van der Waals surface area contributed by atoms with Crippen LogP contribution in [0.2, 0.25) is 0 Å². The highest BCUT2D eigenvalue weighted by atomic mass is 16.5. The van der Waals surface area contributed by atoms with Crippen LogP contribution in [-0.2, 0) is 13.1 Å². The quantitative estimate of drug-likeness (QED) is 0.832. The average Bonchev–Trinajstić information content (AvgIpc) is 2.92. The molecule has 0 spiro atoms. The number of aryl methyl sites for hydroxylation is 1. The minimum Gasteiger partial charge on any atom is -0.496 e. The van der Waals surface area contributed by atoms with Gasteiger partial charge in [0.1, 0.15) is 17.2 Å². The number of benzene rings is 1. The fourth-order valence-electron chi connectivity index (χ4n) is 1.96. The molecule has 1 aromatic heterocycles.